The van der Waals surface area contributed by atoms with Gasteiger partial charge in [0.05, 0.1) is 84.2 Å². The molecule has 3 aliphatic rings. The normalized spacial score (nSPS) is 19.9. The molecule has 3 aliphatic heterocycles. The molecule has 0 N–H and O–H groups in total. The fraction of sp³-hybridized carbons (Fsp3) is 0.413. The first-order valence-corrected chi connectivity index (χ1v) is 30.2. The highest BCUT2D eigenvalue weighted by atomic mass is 19.4. The van der Waals surface area contributed by atoms with Crippen molar-refractivity contribution < 1.29 is 45.9 Å². The number of benzene rings is 3. The SMILES string of the molecule is COC(=O)C(C)(C)n1cc([C@@H]2CC[C@@H](C)N(C(=O)c3cc(-c4cnn(-c5ccc(-c6cnn(-c7ccccc7C(=O)N7C[C@H](c8cnn(CC(F)(F)F)c8)CC[C@H]7C)n6)cc5C(=O)N5C[C@H](c6cnn(CC(F)F)c6)CC[C@H]5C)n4)ccc3-n3nccn3)C2)cn1. The third kappa shape index (κ3) is 12.6. The van der Waals surface area contributed by atoms with E-state index in [1.54, 1.807) is 114 Å². The van der Waals surface area contributed by atoms with Gasteiger partial charge in [0.15, 0.2) is 5.54 Å². The molecular formula is C63H67F5N18O5. The van der Waals surface area contributed by atoms with Crippen molar-refractivity contribution in [2.45, 2.75) is 140 Å². The Balaban J connectivity index is 0.861. The number of piperidine rings is 3. The summed E-state index contributed by atoms with van der Waals surface area (Å²) in [5, 5.41) is 40.6. The molecule has 3 amide bonds. The molecule has 0 unspecified atom stereocenters. The van der Waals surface area contributed by atoms with Gasteiger partial charge in [-0.15, -0.1) is 10.2 Å². The van der Waals surface area contributed by atoms with E-state index >= 15 is 9.59 Å². The van der Waals surface area contributed by atoms with E-state index in [0.717, 1.165) is 22.2 Å². The first kappa shape index (κ1) is 61.5. The Morgan fingerprint density at radius 3 is 1.49 bits per heavy atom. The molecule has 3 fully saturated rings. The van der Waals surface area contributed by atoms with Crippen molar-refractivity contribution in [3.63, 3.8) is 0 Å². The number of ether oxygens (including phenoxy) is 1. The summed E-state index contributed by atoms with van der Waals surface area (Å²) in [4.78, 5) is 67.2. The van der Waals surface area contributed by atoms with Crippen LogP contribution in [0.15, 0.2) is 123 Å². The molecular weight excluding hydrogens is 1180 g/mol. The van der Waals surface area contributed by atoms with Gasteiger partial charge in [0, 0.05) is 85.2 Å². The second-order valence-corrected chi connectivity index (χ2v) is 24.3. The average Bonchev–Trinajstić information content (AvgIpc) is 1.84. The van der Waals surface area contributed by atoms with Gasteiger partial charge >= 0.3 is 12.1 Å². The van der Waals surface area contributed by atoms with Crippen molar-refractivity contribution in [2.24, 2.45) is 0 Å². The van der Waals surface area contributed by atoms with Gasteiger partial charge in [0.1, 0.15) is 24.5 Å². The van der Waals surface area contributed by atoms with E-state index in [9.17, 15) is 31.5 Å². The van der Waals surface area contributed by atoms with Crippen LogP contribution in [0.4, 0.5) is 22.0 Å². The predicted octanol–water partition coefficient (Wildman–Crippen LogP) is 9.31. The number of likely N-dealkylation sites (tertiary alicyclic amines) is 3. The van der Waals surface area contributed by atoms with E-state index in [2.05, 4.69) is 30.6 Å². The summed E-state index contributed by atoms with van der Waals surface area (Å²) in [7, 11) is 1.33. The fourth-order valence-electron chi connectivity index (χ4n) is 12.6. The van der Waals surface area contributed by atoms with Gasteiger partial charge in [-0.05, 0) is 126 Å². The molecule has 9 heterocycles. The Kier molecular flexibility index (Phi) is 16.8. The Hall–Kier alpha value is -9.76. The lowest BCUT2D eigenvalue weighted by Crippen LogP contribution is -2.45. The molecule has 9 aromatic rings. The van der Waals surface area contributed by atoms with Crippen LogP contribution in [-0.2, 0) is 28.2 Å². The number of alkyl halides is 5. The minimum Gasteiger partial charge on any atom is -0.467 e. The van der Waals surface area contributed by atoms with E-state index in [1.165, 1.54) is 57.2 Å². The van der Waals surface area contributed by atoms with Crippen LogP contribution < -0.4 is 0 Å². The molecule has 0 spiro atoms. The van der Waals surface area contributed by atoms with Gasteiger partial charge in [0.2, 0.25) is 0 Å². The van der Waals surface area contributed by atoms with Crippen molar-refractivity contribution in [1.82, 2.24) is 89.0 Å². The van der Waals surface area contributed by atoms with E-state index in [4.69, 9.17) is 20.0 Å². The fourth-order valence-corrected chi connectivity index (χ4v) is 12.6. The Morgan fingerprint density at radius 2 is 0.989 bits per heavy atom. The number of amides is 3. The van der Waals surface area contributed by atoms with Crippen LogP contribution in [0.2, 0.25) is 0 Å². The van der Waals surface area contributed by atoms with Crippen LogP contribution in [-0.4, -0.2) is 170 Å². The molecule has 0 radical (unpaired) electrons. The zero-order valence-electron chi connectivity index (χ0n) is 50.8. The van der Waals surface area contributed by atoms with Gasteiger partial charge in [0.25, 0.3) is 24.1 Å². The topological polar surface area (TPSA) is 233 Å². The molecule has 3 saturated heterocycles. The number of halogens is 5. The number of rotatable bonds is 16. The monoisotopic (exact) mass is 1250 g/mol. The minimum atomic E-state index is -4.44. The average molecular weight is 1250 g/mol. The first-order valence-electron chi connectivity index (χ1n) is 30.2. The summed E-state index contributed by atoms with van der Waals surface area (Å²) in [5.74, 6) is -1.93. The Labute approximate surface area is 519 Å². The summed E-state index contributed by atoms with van der Waals surface area (Å²) >= 11 is 0. The van der Waals surface area contributed by atoms with Crippen molar-refractivity contribution in [3.05, 3.63) is 156 Å². The maximum Gasteiger partial charge on any atom is 0.408 e. The summed E-state index contributed by atoms with van der Waals surface area (Å²) in [6, 6.07) is 16.7. The van der Waals surface area contributed by atoms with Crippen molar-refractivity contribution in [1.29, 1.82) is 0 Å². The van der Waals surface area contributed by atoms with Gasteiger partial charge in [-0.2, -0.15) is 63.3 Å². The zero-order chi connectivity index (χ0) is 64.0. The first-order chi connectivity index (χ1) is 43.6. The van der Waals surface area contributed by atoms with Crippen molar-refractivity contribution in [3.8, 4) is 39.6 Å². The van der Waals surface area contributed by atoms with Crippen molar-refractivity contribution in [2.75, 3.05) is 26.7 Å². The number of para-hydroxylation sites is 1. The van der Waals surface area contributed by atoms with E-state index in [-0.39, 0.29) is 72.3 Å². The molecule has 6 atom stereocenters. The second kappa shape index (κ2) is 24.9. The summed E-state index contributed by atoms with van der Waals surface area (Å²) < 4.78 is 75.2. The lowest BCUT2D eigenvalue weighted by Gasteiger charge is -2.38. The molecule has 3 aromatic carbocycles. The highest BCUT2D eigenvalue weighted by molar-refractivity contribution is 6.01. The molecule has 6 aromatic heterocycles. The predicted molar refractivity (Wildman–Crippen MR) is 320 cm³/mol. The summed E-state index contributed by atoms with van der Waals surface area (Å²) in [5.41, 5.74) is 4.83. The van der Waals surface area contributed by atoms with Crippen LogP contribution in [0.25, 0.3) is 39.6 Å². The number of hydrogen-bond acceptors (Lipinski definition) is 14. The van der Waals surface area contributed by atoms with Gasteiger partial charge in [-0.1, -0.05) is 24.3 Å². The Bertz CT molecular complexity index is 4130. The van der Waals surface area contributed by atoms with E-state index in [0.29, 0.717) is 94.9 Å². The van der Waals surface area contributed by atoms with Crippen LogP contribution in [0.3, 0.4) is 0 Å². The lowest BCUT2D eigenvalue weighted by atomic mass is 9.88. The van der Waals surface area contributed by atoms with E-state index in [1.807, 2.05) is 31.9 Å². The van der Waals surface area contributed by atoms with E-state index < -0.39 is 37.2 Å². The number of methoxy groups -OCH3 is 1. The molecule has 474 valence electrons. The van der Waals surface area contributed by atoms with Crippen LogP contribution in [0.1, 0.15) is 139 Å². The maximum absolute atomic E-state index is 15.5. The lowest BCUT2D eigenvalue weighted by molar-refractivity contribution is -0.150. The minimum absolute atomic E-state index is 0.0914. The molecule has 0 aliphatic carbocycles. The van der Waals surface area contributed by atoms with Gasteiger partial charge < -0.3 is 19.4 Å². The third-order valence-corrected chi connectivity index (χ3v) is 17.9. The smallest absolute Gasteiger partial charge is 0.408 e. The molecule has 0 bridgehead atoms. The number of nitrogens with zero attached hydrogens (tertiary/aromatic N) is 18. The maximum atomic E-state index is 15.5. The number of carbonyl (C=O) groups is 4. The van der Waals surface area contributed by atoms with Gasteiger partial charge in [-0.25, -0.2) is 13.6 Å². The van der Waals surface area contributed by atoms with Gasteiger partial charge in [-0.3, -0.25) is 28.4 Å². The summed E-state index contributed by atoms with van der Waals surface area (Å²) in [6.45, 7) is 8.45. The summed E-state index contributed by atoms with van der Waals surface area (Å²) in [6.07, 6.45) is 12.7. The quantitative estimate of drug-likeness (QED) is 0.0648. The molecule has 28 heteroatoms. The molecule has 12 rings (SSSR count). The van der Waals surface area contributed by atoms with Crippen LogP contribution >= 0.6 is 0 Å². The number of hydrogen-bond donors (Lipinski definition) is 0. The standard InChI is InChI=1S/C63H67F5N18O5/c1-38-11-15-44(47-26-72-79(31-47)37-63(66,67)68)32-80(38)58(87)49-9-7-8-10-54(49)85-74-28-52(76-85)42-18-20-56(51(24-42)60(89)81-33-43(14-12-39(81)2)46-25-71-78(30-46)36-57(64)65)86-75-29-53(77-86)41-17-19-55(84-69-21-22-70-84)50(23-41)59(88)82-34-45(16-13-40(82)3)48-27-73-83(35-48)62(4,5)61(90)91-6/h7-10,17-31,35,38-40,43-45,57H,11-16,32-34,36-37H2,1-6H3/t38-,39-,40-,43-,44-,45-/m1/s1. The number of esters is 1. The number of carbonyl (C=O) groups excluding carboxylic acids is 4. The van der Waals surface area contributed by atoms with Crippen LogP contribution in [0, 0.1) is 0 Å². The second-order valence-electron chi connectivity index (χ2n) is 24.3. The largest absolute Gasteiger partial charge is 0.467 e. The highest BCUT2D eigenvalue weighted by Gasteiger charge is 2.39. The zero-order valence-corrected chi connectivity index (χ0v) is 50.8. The van der Waals surface area contributed by atoms with Crippen LogP contribution in [0.5, 0.6) is 0 Å². The van der Waals surface area contributed by atoms with Crippen molar-refractivity contribution >= 4 is 23.7 Å². The molecule has 0 saturated carbocycles. The highest BCUT2D eigenvalue weighted by Crippen LogP contribution is 2.37. The third-order valence-electron chi connectivity index (χ3n) is 17.9. The molecule has 23 nitrogen and oxygen atoms in total. The molecule has 91 heavy (non-hydrogen) atoms. The Morgan fingerprint density at radius 1 is 0.538 bits per heavy atom. The number of aromatic nitrogens is 15.